The Labute approximate surface area is 425 Å². The van der Waals surface area contributed by atoms with Crippen molar-refractivity contribution >= 4 is 23.7 Å². The summed E-state index contributed by atoms with van der Waals surface area (Å²) in [5.41, 5.74) is -2.49. The summed E-state index contributed by atoms with van der Waals surface area (Å²) in [6.07, 6.45) is -6.01. The molecule has 16 atom stereocenters. The van der Waals surface area contributed by atoms with Gasteiger partial charge in [-0.15, -0.1) is 0 Å². The summed E-state index contributed by atoms with van der Waals surface area (Å²) < 4.78 is 58.9. The lowest BCUT2D eigenvalue weighted by Crippen LogP contribution is -2.61. The van der Waals surface area contributed by atoms with Gasteiger partial charge in [0.15, 0.2) is 30.6 Å². The number of esters is 3. The molecule has 0 aliphatic carbocycles. The van der Waals surface area contributed by atoms with Crippen molar-refractivity contribution in [2.24, 2.45) is 17.8 Å². The van der Waals surface area contributed by atoms with Gasteiger partial charge in [0.25, 0.3) is 0 Å². The first-order valence-electron chi connectivity index (χ1n) is 25.3. The highest BCUT2D eigenvalue weighted by molar-refractivity contribution is 5.96. The number of cyclic esters (lactones) is 1. The molecule has 2 saturated heterocycles. The van der Waals surface area contributed by atoms with E-state index < -0.39 is 108 Å². The number of ether oxygens (including phenoxy) is 9. The van der Waals surface area contributed by atoms with Gasteiger partial charge in [-0.1, -0.05) is 87.5 Å². The Hall–Kier alpha value is -4.84. The molecule has 72 heavy (non-hydrogen) atoms. The largest absolute Gasteiger partial charge is 0.459 e. The maximum absolute atomic E-state index is 15.0. The molecule has 3 aromatic rings. The Morgan fingerprint density at radius 2 is 1.31 bits per heavy atom. The zero-order valence-corrected chi connectivity index (χ0v) is 44.0. The third-order valence-electron chi connectivity index (χ3n) is 15.0. The SMILES string of the molecule is CCC1OC(=O)C(C)C(O[C@H]2C[C@@](C)(OC)[C@@H](OC(=O)c3ccccc3)C(C)O2)C(C)[C@@H](OC2OC(C)CC(NC)[C@H]2OC(=O)c2ccccc2)[C@@](C)(OC)C[C@@H](C)C(=O)/C(C)=C/[C@@]1(O)Cc1ccccc1. The Morgan fingerprint density at radius 3 is 1.86 bits per heavy atom. The second kappa shape index (κ2) is 24.5. The van der Waals surface area contributed by atoms with Crippen molar-refractivity contribution in [2.45, 2.75) is 173 Å². The highest BCUT2D eigenvalue weighted by Gasteiger charge is 2.54. The van der Waals surface area contributed by atoms with Crippen molar-refractivity contribution < 1.29 is 66.9 Å². The number of aliphatic hydroxyl groups is 1. The van der Waals surface area contributed by atoms with Gasteiger partial charge >= 0.3 is 17.9 Å². The second-order valence-corrected chi connectivity index (χ2v) is 20.5. The van der Waals surface area contributed by atoms with Gasteiger partial charge in [0.2, 0.25) is 0 Å². The smallest absolute Gasteiger partial charge is 0.338 e. The van der Waals surface area contributed by atoms with E-state index in [9.17, 15) is 19.5 Å². The van der Waals surface area contributed by atoms with Crippen LogP contribution in [-0.4, -0.2) is 128 Å². The molecule has 3 aromatic carbocycles. The predicted molar refractivity (Wildman–Crippen MR) is 269 cm³/mol. The minimum absolute atomic E-state index is 0.0535. The van der Waals surface area contributed by atoms with Crippen LogP contribution in [0.15, 0.2) is 103 Å². The molecule has 3 aliphatic heterocycles. The van der Waals surface area contributed by atoms with Crippen molar-refractivity contribution in [3.63, 3.8) is 0 Å². The van der Waals surface area contributed by atoms with Crippen molar-refractivity contribution in [1.29, 1.82) is 0 Å². The van der Waals surface area contributed by atoms with Crippen LogP contribution < -0.4 is 5.32 Å². The van der Waals surface area contributed by atoms with Crippen molar-refractivity contribution in [3.05, 3.63) is 119 Å². The van der Waals surface area contributed by atoms with E-state index in [1.807, 2.05) is 77.1 Å². The molecule has 0 aromatic heterocycles. The van der Waals surface area contributed by atoms with E-state index in [4.69, 9.17) is 42.6 Å². The zero-order chi connectivity index (χ0) is 52.5. The van der Waals surface area contributed by atoms with Gasteiger partial charge in [0.1, 0.15) is 17.3 Å². The van der Waals surface area contributed by atoms with Crippen LogP contribution in [0, 0.1) is 17.8 Å². The van der Waals surface area contributed by atoms with Crippen molar-refractivity contribution in [3.8, 4) is 0 Å². The molecule has 0 bridgehead atoms. The number of allylic oxidation sites excluding steroid dienone is 1. The number of methoxy groups -OCH3 is 2. The van der Waals surface area contributed by atoms with Crippen LogP contribution in [0.1, 0.15) is 114 Å². The molecular weight excluding hydrogens is 923 g/mol. The molecule has 6 rings (SSSR count). The Kier molecular flexibility index (Phi) is 19.2. The minimum Gasteiger partial charge on any atom is -0.459 e. The molecule has 3 aliphatic rings. The molecule has 2 N–H and O–H groups in total. The maximum atomic E-state index is 15.0. The van der Waals surface area contributed by atoms with E-state index in [1.54, 1.807) is 83.3 Å². The molecule has 2 fully saturated rings. The summed E-state index contributed by atoms with van der Waals surface area (Å²) in [6, 6.07) is 26.2. The van der Waals surface area contributed by atoms with Crippen LogP contribution in [0.25, 0.3) is 0 Å². The number of Topliss-reactive ketones (excluding diaryl/α,β-unsaturated/α-hetero) is 1. The summed E-state index contributed by atoms with van der Waals surface area (Å²) in [5, 5.41) is 16.0. The average molecular weight is 1000 g/mol. The van der Waals surface area contributed by atoms with Gasteiger partial charge in [0.05, 0.1) is 53.1 Å². The molecule has 0 radical (unpaired) electrons. The van der Waals surface area contributed by atoms with Crippen LogP contribution in [0.4, 0.5) is 0 Å². The second-order valence-electron chi connectivity index (χ2n) is 20.5. The zero-order valence-electron chi connectivity index (χ0n) is 44.0. The van der Waals surface area contributed by atoms with E-state index in [0.717, 1.165) is 5.56 Å². The van der Waals surface area contributed by atoms with E-state index in [1.165, 1.54) is 20.3 Å². The average Bonchev–Trinajstić information content (AvgIpc) is 3.37. The molecule has 8 unspecified atom stereocenters. The fourth-order valence-corrected chi connectivity index (χ4v) is 10.9. The Bertz CT molecular complexity index is 2300. The number of nitrogens with one attached hydrogen (secondary N) is 1. The van der Waals surface area contributed by atoms with Crippen LogP contribution in [-0.2, 0) is 58.6 Å². The molecule has 15 heteroatoms. The van der Waals surface area contributed by atoms with Crippen LogP contribution in [0.5, 0.6) is 0 Å². The summed E-state index contributed by atoms with van der Waals surface area (Å²) >= 11 is 0. The van der Waals surface area contributed by atoms with Gasteiger partial charge in [-0.25, -0.2) is 9.59 Å². The molecular formula is C57H77NO14. The van der Waals surface area contributed by atoms with Crippen molar-refractivity contribution in [2.75, 3.05) is 21.3 Å². The first kappa shape index (κ1) is 56.5. The summed E-state index contributed by atoms with van der Waals surface area (Å²) in [6.45, 7) is 16.2. The first-order chi connectivity index (χ1) is 34.2. The number of hydrogen-bond acceptors (Lipinski definition) is 15. The highest BCUT2D eigenvalue weighted by atomic mass is 16.7. The lowest BCUT2D eigenvalue weighted by Gasteiger charge is -2.50. The molecule has 394 valence electrons. The Morgan fingerprint density at radius 1 is 0.750 bits per heavy atom. The van der Waals surface area contributed by atoms with Gasteiger partial charge in [0, 0.05) is 38.9 Å². The van der Waals surface area contributed by atoms with Gasteiger partial charge < -0.3 is 53.1 Å². The normalized spacial score (nSPS) is 36.8. The number of rotatable bonds is 14. The topological polar surface area (TPSA) is 184 Å². The number of benzene rings is 3. The quantitative estimate of drug-likeness (QED) is 0.117. The highest BCUT2D eigenvalue weighted by Crippen LogP contribution is 2.42. The van der Waals surface area contributed by atoms with Crippen molar-refractivity contribution in [1.82, 2.24) is 5.32 Å². The molecule has 15 nitrogen and oxygen atoms in total. The summed E-state index contributed by atoms with van der Waals surface area (Å²) in [7, 11) is 4.84. The fraction of sp³-hybridized carbons (Fsp3) is 0.579. The number of ketones is 1. The monoisotopic (exact) mass is 1000 g/mol. The van der Waals surface area contributed by atoms with E-state index in [0.29, 0.717) is 17.5 Å². The maximum Gasteiger partial charge on any atom is 0.338 e. The molecule has 0 amide bonds. The number of likely N-dealkylation sites (N-methyl/N-ethyl adjacent to an activating group) is 1. The predicted octanol–water partition coefficient (Wildman–Crippen LogP) is 8.00. The third-order valence-corrected chi connectivity index (χ3v) is 15.0. The summed E-state index contributed by atoms with van der Waals surface area (Å²) in [5.74, 6) is -4.65. The third kappa shape index (κ3) is 13.1. The lowest BCUT2D eigenvalue weighted by atomic mass is 9.75. The van der Waals surface area contributed by atoms with Gasteiger partial charge in [-0.2, -0.15) is 0 Å². The molecule has 0 saturated carbocycles. The fourth-order valence-electron chi connectivity index (χ4n) is 10.9. The number of carbonyl (C=O) groups is 4. The Balaban J connectivity index is 1.45. The first-order valence-corrected chi connectivity index (χ1v) is 25.3. The van der Waals surface area contributed by atoms with E-state index >= 15 is 4.79 Å². The minimum atomic E-state index is -1.80. The van der Waals surface area contributed by atoms with Crippen LogP contribution in [0.2, 0.25) is 0 Å². The summed E-state index contributed by atoms with van der Waals surface area (Å²) in [4.78, 5) is 56.9. The van der Waals surface area contributed by atoms with Gasteiger partial charge in [-0.3, -0.25) is 9.59 Å². The standard InChI is InChI=1S/C57H77NO14/c1-13-44-57(63,32-40-23-17-14-18-24-40)31-35(3)46(59)34(2)30-55(8,64-11)49(72-54-48(43(58-10)29-36(4)66-54)70-52(61)41-25-19-15-20-26-41)37(5)47(38(6)51(60)68-44)69-45-33-56(9,65-12)50(39(7)67-45)71-53(62)42-27-21-16-22-28-42/h14-28,31,34,36-39,43-45,47-50,54,58,63H,13,29-30,32-33H2,1-12H3/b35-31+/t34-,36?,37?,38?,39?,43?,44?,45+,47?,48-,49-,50+,54?,55+,56-,57-/m1/s1. The number of hydrogen-bond donors (Lipinski definition) is 2. The lowest BCUT2D eigenvalue weighted by molar-refractivity contribution is -0.316. The number of carbonyl (C=O) groups excluding carboxylic acids is 4. The van der Waals surface area contributed by atoms with Gasteiger partial charge in [-0.05, 0) is 109 Å². The van der Waals surface area contributed by atoms with Crippen LogP contribution >= 0.6 is 0 Å². The van der Waals surface area contributed by atoms with E-state index in [-0.39, 0.29) is 43.1 Å². The van der Waals surface area contributed by atoms with E-state index in [2.05, 4.69) is 5.32 Å². The molecule has 0 spiro atoms. The molecule has 3 heterocycles. The van der Waals surface area contributed by atoms with Crippen LogP contribution in [0.3, 0.4) is 0 Å².